The van der Waals surface area contributed by atoms with Crippen LogP contribution in [-0.4, -0.2) is 25.4 Å². The molecule has 0 unspecified atom stereocenters. The number of hydrogen-bond donors (Lipinski definition) is 1. The van der Waals surface area contributed by atoms with Crippen molar-refractivity contribution < 1.29 is 9.32 Å². The molecule has 0 spiro atoms. The number of benzene rings is 2. The van der Waals surface area contributed by atoms with Crippen LogP contribution in [-0.2, 0) is 11.2 Å². The Morgan fingerprint density at radius 1 is 1.06 bits per heavy atom. The number of fused-ring (bicyclic) bond motifs is 1. The Hall–Kier alpha value is -3.78. The van der Waals surface area contributed by atoms with Gasteiger partial charge in [0, 0.05) is 47.4 Å². The maximum Gasteiger partial charge on any atom is 0.227 e. The molecule has 7 nitrogen and oxygen atoms in total. The topological polar surface area (TPSA) is 85.3 Å². The van der Waals surface area contributed by atoms with Gasteiger partial charge in [0.05, 0.1) is 5.69 Å². The average Bonchev–Trinajstić information content (AvgIpc) is 3.50. The molecule has 5 aromatic rings. The van der Waals surface area contributed by atoms with Gasteiger partial charge >= 0.3 is 0 Å². The summed E-state index contributed by atoms with van der Waals surface area (Å²) < 4.78 is 7.28. The highest BCUT2D eigenvalue weighted by Crippen LogP contribution is 2.23. The van der Waals surface area contributed by atoms with Crippen LogP contribution in [0.5, 0.6) is 0 Å². The number of imidazole rings is 1. The lowest BCUT2D eigenvalue weighted by atomic mass is 10.1. The molecule has 0 radical (unpaired) electrons. The number of rotatable bonds is 6. The molecule has 0 saturated carbocycles. The number of amides is 1. The predicted octanol–water partition coefficient (Wildman–Crippen LogP) is 4.99. The highest BCUT2D eigenvalue weighted by Gasteiger charge is 2.11. The molecule has 3 aromatic heterocycles. The van der Waals surface area contributed by atoms with E-state index in [0.29, 0.717) is 18.1 Å². The summed E-state index contributed by atoms with van der Waals surface area (Å²) in [5, 5.41) is 8.91. The van der Waals surface area contributed by atoms with Crippen LogP contribution in [0.2, 0.25) is 0 Å². The fourth-order valence-corrected chi connectivity index (χ4v) is 3.91. The van der Waals surface area contributed by atoms with Gasteiger partial charge in [0.25, 0.3) is 0 Å². The third-order valence-corrected chi connectivity index (χ3v) is 5.67. The molecule has 154 valence electrons. The van der Waals surface area contributed by atoms with Crippen molar-refractivity contribution in [2.24, 2.45) is 0 Å². The summed E-state index contributed by atoms with van der Waals surface area (Å²) in [4.78, 5) is 22.3. The van der Waals surface area contributed by atoms with Gasteiger partial charge < -0.3 is 9.84 Å². The van der Waals surface area contributed by atoms with E-state index in [4.69, 9.17) is 4.52 Å². The quantitative estimate of drug-likeness (QED) is 0.411. The van der Waals surface area contributed by atoms with Crippen LogP contribution < -0.4 is 5.32 Å². The third kappa shape index (κ3) is 4.24. The van der Waals surface area contributed by atoms with Gasteiger partial charge in [0.1, 0.15) is 0 Å². The van der Waals surface area contributed by atoms with E-state index in [-0.39, 0.29) is 12.3 Å². The molecule has 0 aliphatic carbocycles. The lowest BCUT2D eigenvalue weighted by Crippen LogP contribution is -2.12. The van der Waals surface area contributed by atoms with E-state index in [1.807, 2.05) is 77.6 Å². The lowest BCUT2D eigenvalue weighted by Gasteiger charge is -2.05. The zero-order valence-corrected chi connectivity index (χ0v) is 17.6. The first-order valence-corrected chi connectivity index (χ1v) is 10.7. The van der Waals surface area contributed by atoms with E-state index in [2.05, 4.69) is 20.4 Å². The summed E-state index contributed by atoms with van der Waals surface area (Å²) in [5.41, 5.74) is 4.71. The lowest BCUT2D eigenvalue weighted by molar-refractivity contribution is -0.116. The Morgan fingerprint density at radius 3 is 2.61 bits per heavy atom. The number of anilines is 1. The number of carbonyl (C=O) groups is 1. The Morgan fingerprint density at radius 2 is 1.84 bits per heavy atom. The summed E-state index contributed by atoms with van der Waals surface area (Å²) >= 11 is 1.60. The Kier molecular flexibility index (Phi) is 5.05. The van der Waals surface area contributed by atoms with Crippen LogP contribution in [0, 0.1) is 6.92 Å². The molecule has 0 atom stereocenters. The maximum absolute atomic E-state index is 12.3. The van der Waals surface area contributed by atoms with Gasteiger partial charge in [-0.3, -0.25) is 9.20 Å². The number of hydrogen-bond acceptors (Lipinski definition) is 6. The number of aromatic nitrogens is 4. The summed E-state index contributed by atoms with van der Waals surface area (Å²) in [6.07, 6.45) is 4.62. The Balaban J connectivity index is 1.17. The van der Waals surface area contributed by atoms with Gasteiger partial charge in [-0.25, -0.2) is 4.98 Å². The molecular formula is C23H19N5O2S. The molecule has 0 bridgehead atoms. The van der Waals surface area contributed by atoms with Crippen molar-refractivity contribution in [3.8, 4) is 22.6 Å². The molecule has 0 saturated heterocycles. The van der Waals surface area contributed by atoms with Crippen molar-refractivity contribution in [3.63, 3.8) is 0 Å². The zero-order valence-electron chi connectivity index (χ0n) is 16.8. The fourth-order valence-electron chi connectivity index (χ4n) is 3.21. The smallest absolute Gasteiger partial charge is 0.227 e. The Labute approximate surface area is 182 Å². The molecule has 1 N–H and O–H groups in total. The van der Waals surface area contributed by atoms with Crippen LogP contribution in [0.1, 0.15) is 17.9 Å². The van der Waals surface area contributed by atoms with Gasteiger partial charge in [0.2, 0.25) is 17.6 Å². The van der Waals surface area contributed by atoms with Crippen molar-refractivity contribution in [1.82, 2.24) is 19.5 Å². The van der Waals surface area contributed by atoms with Crippen LogP contribution in [0.25, 0.3) is 27.6 Å². The minimum absolute atomic E-state index is 0.106. The maximum atomic E-state index is 12.3. The van der Waals surface area contributed by atoms with Crippen molar-refractivity contribution in [3.05, 3.63) is 77.8 Å². The van der Waals surface area contributed by atoms with E-state index in [1.54, 1.807) is 11.3 Å². The van der Waals surface area contributed by atoms with Crippen molar-refractivity contribution in [1.29, 1.82) is 0 Å². The molecule has 8 heteroatoms. The number of nitrogens with one attached hydrogen (secondary N) is 1. The average molecular weight is 430 g/mol. The predicted molar refractivity (Wildman–Crippen MR) is 120 cm³/mol. The van der Waals surface area contributed by atoms with Gasteiger partial charge in [-0.2, -0.15) is 4.98 Å². The SMILES string of the molecule is Cc1ccc(-c2noc(CCC(=O)Nc3ccc(-c4cn5ccsc5n4)cc3)n2)cc1. The largest absolute Gasteiger partial charge is 0.339 e. The minimum Gasteiger partial charge on any atom is -0.339 e. The summed E-state index contributed by atoms with van der Waals surface area (Å²) in [6, 6.07) is 15.6. The second-order valence-corrected chi connectivity index (χ2v) is 8.10. The number of aryl methyl sites for hydroxylation is 2. The molecule has 0 fully saturated rings. The van der Waals surface area contributed by atoms with Gasteiger partial charge in [-0.1, -0.05) is 47.1 Å². The fraction of sp³-hybridized carbons (Fsp3) is 0.130. The zero-order chi connectivity index (χ0) is 21.2. The Bertz CT molecular complexity index is 1300. The van der Waals surface area contributed by atoms with Gasteiger partial charge in [-0.05, 0) is 19.1 Å². The van der Waals surface area contributed by atoms with E-state index in [1.165, 1.54) is 5.56 Å². The van der Waals surface area contributed by atoms with Crippen molar-refractivity contribution in [2.75, 3.05) is 5.32 Å². The molecule has 31 heavy (non-hydrogen) atoms. The van der Waals surface area contributed by atoms with Crippen molar-refractivity contribution in [2.45, 2.75) is 19.8 Å². The van der Waals surface area contributed by atoms with Crippen LogP contribution >= 0.6 is 11.3 Å². The second-order valence-electron chi connectivity index (χ2n) is 7.22. The highest BCUT2D eigenvalue weighted by atomic mass is 32.1. The first kappa shape index (κ1) is 19.2. The summed E-state index contributed by atoms with van der Waals surface area (Å²) in [7, 11) is 0. The molecular weight excluding hydrogens is 410 g/mol. The van der Waals surface area contributed by atoms with Gasteiger partial charge in [0.15, 0.2) is 4.96 Å². The van der Waals surface area contributed by atoms with E-state index < -0.39 is 0 Å². The summed E-state index contributed by atoms with van der Waals surface area (Å²) in [5.74, 6) is 0.872. The molecule has 5 rings (SSSR count). The standard InChI is InChI=1S/C23H19N5O2S/c1-15-2-4-17(5-3-15)22-26-21(30-27-22)11-10-20(29)24-18-8-6-16(7-9-18)19-14-28-12-13-31-23(28)25-19/h2-9,12-14H,10-11H2,1H3,(H,24,29). The minimum atomic E-state index is -0.106. The van der Waals surface area contributed by atoms with E-state index >= 15 is 0 Å². The number of carbonyl (C=O) groups excluding carboxylic acids is 1. The highest BCUT2D eigenvalue weighted by molar-refractivity contribution is 7.15. The first-order valence-electron chi connectivity index (χ1n) is 9.86. The summed E-state index contributed by atoms with van der Waals surface area (Å²) in [6.45, 7) is 2.03. The second kappa shape index (κ2) is 8.16. The molecule has 1 amide bonds. The number of nitrogens with zero attached hydrogens (tertiary/aromatic N) is 4. The normalized spacial score (nSPS) is 11.1. The third-order valence-electron chi connectivity index (χ3n) is 4.90. The molecule has 2 aromatic carbocycles. The first-order chi connectivity index (χ1) is 15.1. The van der Waals surface area contributed by atoms with Crippen molar-refractivity contribution >= 4 is 27.9 Å². The number of thiazole rings is 1. The van der Waals surface area contributed by atoms with Crippen LogP contribution in [0.4, 0.5) is 5.69 Å². The molecule has 0 aliphatic heterocycles. The van der Waals surface area contributed by atoms with Crippen LogP contribution in [0.3, 0.4) is 0 Å². The van der Waals surface area contributed by atoms with Gasteiger partial charge in [-0.15, -0.1) is 11.3 Å². The molecule has 3 heterocycles. The molecule has 0 aliphatic rings. The monoisotopic (exact) mass is 429 g/mol. The van der Waals surface area contributed by atoms with E-state index in [9.17, 15) is 4.79 Å². The van der Waals surface area contributed by atoms with E-state index in [0.717, 1.165) is 27.5 Å². The van der Waals surface area contributed by atoms with Crippen LogP contribution in [0.15, 0.2) is 70.8 Å².